The van der Waals surface area contributed by atoms with Crippen molar-refractivity contribution in [1.82, 2.24) is 4.90 Å². The van der Waals surface area contributed by atoms with Gasteiger partial charge in [0, 0.05) is 37.9 Å². The van der Waals surface area contributed by atoms with E-state index in [1.54, 1.807) is 12.1 Å². The van der Waals surface area contributed by atoms with Gasteiger partial charge in [-0.2, -0.15) is 0 Å². The molecule has 0 unspecified atom stereocenters. The average Bonchev–Trinajstić information content (AvgIpc) is 2.73. The summed E-state index contributed by atoms with van der Waals surface area (Å²) in [6.45, 7) is 9.85. The Morgan fingerprint density at radius 3 is 2.50 bits per heavy atom. The van der Waals surface area contributed by atoms with Crippen LogP contribution < -0.4 is 4.90 Å². The molecule has 1 N–H and O–H groups in total. The van der Waals surface area contributed by atoms with Crippen molar-refractivity contribution in [2.75, 3.05) is 31.1 Å². The maximum Gasteiger partial charge on any atom is 0.123 e. The molecule has 2 aliphatic heterocycles. The lowest BCUT2D eigenvalue weighted by Crippen LogP contribution is -2.45. The Bertz CT molecular complexity index is 538. The summed E-state index contributed by atoms with van der Waals surface area (Å²) in [5, 5.41) is 10.4. The van der Waals surface area contributed by atoms with Gasteiger partial charge in [0.25, 0.3) is 0 Å². The first kappa shape index (κ1) is 15.8. The summed E-state index contributed by atoms with van der Waals surface area (Å²) in [5.74, 6) is 0.175. The Morgan fingerprint density at radius 2 is 1.95 bits per heavy atom. The van der Waals surface area contributed by atoms with Crippen molar-refractivity contribution < 1.29 is 9.50 Å². The van der Waals surface area contributed by atoms with Crippen LogP contribution in [0.1, 0.15) is 32.3 Å². The van der Waals surface area contributed by atoms with Crippen LogP contribution in [0.3, 0.4) is 0 Å². The normalized spacial score (nSPS) is 31.0. The van der Waals surface area contributed by atoms with Gasteiger partial charge in [-0.15, -0.1) is 0 Å². The fourth-order valence-electron chi connectivity index (χ4n) is 3.90. The van der Waals surface area contributed by atoms with Gasteiger partial charge in [0.05, 0.1) is 5.60 Å². The predicted molar refractivity (Wildman–Crippen MR) is 87.7 cm³/mol. The highest BCUT2D eigenvalue weighted by Crippen LogP contribution is 2.32. The van der Waals surface area contributed by atoms with Gasteiger partial charge in [0.1, 0.15) is 5.82 Å². The van der Waals surface area contributed by atoms with Crippen molar-refractivity contribution in [2.24, 2.45) is 5.92 Å². The van der Waals surface area contributed by atoms with E-state index >= 15 is 0 Å². The van der Waals surface area contributed by atoms with E-state index in [4.69, 9.17) is 0 Å². The molecule has 22 heavy (non-hydrogen) atoms. The van der Waals surface area contributed by atoms with Crippen molar-refractivity contribution in [3.05, 3.63) is 29.6 Å². The zero-order valence-electron chi connectivity index (χ0n) is 13.8. The van der Waals surface area contributed by atoms with E-state index < -0.39 is 5.60 Å². The summed E-state index contributed by atoms with van der Waals surface area (Å²) in [7, 11) is 0. The van der Waals surface area contributed by atoms with Crippen LogP contribution in [0.5, 0.6) is 0 Å². The second-order valence-electron chi connectivity index (χ2n) is 7.34. The fraction of sp³-hybridized carbons (Fsp3) is 0.667. The molecular weight excluding hydrogens is 279 g/mol. The Hall–Kier alpha value is -1.13. The SMILES string of the molecule is Cc1cc(F)ccc1N1CCC(N2C[C@@H](C)[C@@](C)(O)C2)CC1. The van der Waals surface area contributed by atoms with Gasteiger partial charge in [-0.1, -0.05) is 6.92 Å². The van der Waals surface area contributed by atoms with Crippen LogP contribution in [-0.2, 0) is 0 Å². The molecule has 2 aliphatic rings. The molecule has 2 saturated heterocycles. The number of hydrogen-bond acceptors (Lipinski definition) is 3. The number of anilines is 1. The molecule has 2 fully saturated rings. The number of β-amino-alcohol motifs (C(OH)–C–C–N with tert-alkyl or cyclic N) is 1. The largest absolute Gasteiger partial charge is 0.389 e. The number of halogens is 1. The molecule has 3 nitrogen and oxygen atoms in total. The zero-order valence-corrected chi connectivity index (χ0v) is 13.8. The Labute approximate surface area is 132 Å². The Balaban J connectivity index is 1.61. The first-order valence-electron chi connectivity index (χ1n) is 8.34. The molecule has 1 aromatic rings. The molecule has 0 aliphatic carbocycles. The lowest BCUT2D eigenvalue weighted by Gasteiger charge is -2.38. The molecule has 4 heteroatoms. The van der Waals surface area contributed by atoms with Crippen molar-refractivity contribution in [3.8, 4) is 0 Å². The maximum absolute atomic E-state index is 13.2. The van der Waals surface area contributed by atoms with Gasteiger partial charge in [-0.05, 0) is 56.4 Å². The number of benzene rings is 1. The highest BCUT2D eigenvalue weighted by Gasteiger charge is 2.41. The van der Waals surface area contributed by atoms with E-state index in [2.05, 4.69) is 16.7 Å². The molecule has 0 aromatic heterocycles. The first-order valence-corrected chi connectivity index (χ1v) is 8.34. The van der Waals surface area contributed by atoms with E-state index in [9.17, 15) is 9.50 Å². The van der Waals surface area contributed by atoms with E-state index in [0.717, 1.165) is 50.3 Å². The van der Waals surface area contributed by atoms with E-state index in [1.807, 2.05) is 19.9 Å². The fourth-order valence-corrected chi connectivity index (χ4v) is 3.90. The minimum Gasteiger partial charge on any atom is -0.389 e. The van der Waals surface area contributed by atoms with Gasteiger partial charge >= 0.3 is 0 Å². The van der Waals surface area contributed by atoms with E-state index in [1.165, 1.54) is 0 Å². The molecule has 0 bridgehead atoms. The molecule has 0 saturated carbocycles. The second-order valence-corrected chi connectivity index (χ2v) is 7.34. The summed E-state index contributed by atoms with van der Waals surface area (Å²) in [4.78, 5) is 4.82. The van der Waals surface area contributed by atoms with Gasteiger partial charge in [0.2, 0.25) is 0 Å². The molecule has 0 radical (unpaired) electrons. The molecule has 2 heterocycles. The topological polar surface area (TPSA) is 26.7 Å². The minimum absolute atomic E-state index is 0.163. The van der Waals surface area contributed by atoms with Crippen LogP contribution in [-0.4, -0.2) is 47.8 Å². The number of likely N-dealkylation sites (tertiary alicyclic amines) is 1. The monoisotopic (exact) mass is 306 g/mol. The second kappa shape index (κ2) is 5.82. The third kappa shape index (κ3) is 2.99. The van der Waals surface area contributed by atoms with Crippen molar-refractivity contribution >= 4 is 5.69 Å². The molecule has 1 aromatic carbocycles. The summed E-state index contributed by atoms with van der Waals surface area (Å²) in [6.07, 6.45) is 2.22. The summed E-state index contributed by atoms with van der Waals surface area (Å²) >= 11 is 0. The molecule has 0 spiro atoms. The van der Waals surface area contributed by atoms with Crippen LogP contribution in [0.15, 0.2) is 18.2 Å². The third-order valence-electron chi connectivity index (χ3n) is 5.57. The summed E-state index contributed by atoms with van der Waals surface area (Å²) in [5.41, 5.74) is 1.61. The van der Waals surface area contributed by atoms with Crippen LogP contribution in [0, 0.1) is 18.7 Å². The van der Waals surface area contributed by atoms with Crippen LogP contribution in [0.25, 0.3) is 0 Å². The Morgan fingerprint density at radius 1 is 1.27 bits per heavy atom. The number of rotatable bonds is 2. The van der Waals surface area contributed by atoms with Crippen molar-refractivity contribution in [3.63, 3.8) is 0 Å². The minimum atomic E-state index is -0.551. The molecule has 2 atom stereocenters. The number of nitrogens with zero attached hydrogens (tertiary/aromatic N) is 2. The third-order valence-corrected chi connectivity index (χ3v) is 5.57. The smallest absolute Gasteiger partial charge is 0.123 e. The zero-order chi connectivity index (χ0) is 15.9. The standard InChI is InChI=1S/C18H27FN2O/c1-13-10-15(19)4-5-17(13)20-8-6-16(7-9-20)21-11-14(2)18(3,22)12-21/h4-5,10,14,16,22H,6-9,11-12H2,1-3H3/t14-,18+/m1/s1. The quantitative estimate of drug-likeness (QED) is 0.910. The number of aryl methyl sites for hydroxylation is 1. The number of aliphatic hydroxyl groups is 1. The predicted octanol–water partition coefficient (Wildman–Crippen LogP) is 2.81. The number of piperidine rings is 1. The van der Waals surface area contributed by atoms with Crippen LogP contribution in [0.4, 0.5) is 10.1 Å². The summed E-state index contributed by atoms with van der Waals surface area (Å²) < 4.78 is 13.2. The lowest BCUT2D eigenvalue weighted by molar-refractivity contribution is 0.0327. The van der Waals surface area contributed by atoms with Crippen molar-refractivity contribution in [1.29, 1.82) is 0 Å². The summed E-state index contributed by atoms with van der Waals surface area (Å²) in [6, 6.07) is 5.62. The highest BCUT2D eigenvalue weighted by atomic mass is 19.1. The molecular formula is C18H27FN2O. The Kier molecular flexibility index (Phi) is 4.17. The lowest BCUT2D eigenvalue weighted by atomic mass is 9.95. The average molecular weight is 306 g/mol. The van der Waals surface area contributed by atoms with E-state index in [-0.39, 0.29) is 5.82 Å². The maximum atomic E-state index is 13.2. The number of hydrogen-bond donors (Lipinski definition) is 1. The first-order chi connectivity index (χ1) is 10.4. The van der Waals surface area contributed by atoms with Crippen molar-refractivity contribution in [2.45, 2.75) is 45.3 Å². The highest BCUT2D eigenvalue weighted by molar-refractivity contribution is 5.53. The van der Waals surface area contributed by atoms with Gasteiger partial charge in [0.15, 0.2) is 0 Å². The molecule has 122 valence electrons. The molecule has 3 rings (SSSR count). The van der Waals surface area contributed by atoms with Gasteiger partial charge in [-0.3, -0.25) is 4.90 Å². The van der Waals surface area contributed by atoms with Gasteiger partial charge in [-0.25, -0.2) is 4.39 Å². The van der Waals surface area contributed by atoms with Crippen LogP contribution >= 0.6 is 0 Å². The van der Waals surface area contributed by atoms with Crippen LogP contribution in [0.2, 0.25) is 0 Å². The van der Waals surface area contributed by atoms with Gasteiger partial charge < -0.3 is 10.0 Å². The van der Waals surface area contributed by atoms with E-state index in [0.29, 0.717) is 12.0 Å². The molecule has 0 amide bonds.